The molecule has 0 unspecified atom stereocenters. The summed E-state index contributed by atoms with van der Waals surface area (Å²) in [5.41, 5.74) is 1.79. The smallest absolute Gasteiger partial charge is 0.0406 e. The van der Waals surface area contributed by atoms with Crippen LogP contribution in [0.1, 0.15) is 45.1 Å². The molecular formula is C15H22ClN. The standard InChI is InChI=1S/C15H22ClN/c1-12(2)17-11-15(9-3-4-10-15)13-5-7-14(16)8-6-13/h5-8,12,17H,3-4,9-11H2,1-2H3. The van der Waals surface area contributed by atoms with E-state index in [0.717, 1.165) is 11.6 Å². The van der Waals surface area contributed by atoms with E-state index in [9.17, 15) is 0 Å². The molecule has 1 aromatic carbocycles. The zero-order chi connectivity index (χ0) is 12.3. The van der Waals surface area contributed by atoms with Gasteiger partial charge in [0.05, 0.1) is 0 Å². The van der Waals surface area contributed by atoms with Crippen LogP contribution in [0.3, 0.4) is 0 Å². The highest BCUT2D eigenvalue weighted by Crippen LogP contribution is 2.40. The summed E-state index contributed by atoms with van der Waals surface area (Å²) in [6.45, 7) is 5.52. The molecule has 0 aliphatic heterocycles. The Morgan fingerprint density at radius 3 is 2.29 bits per heavy atom. The molecule has 94 valence electrons. The molecule has 17 heavy (non-hydrogen) atoms. The zero-order valence-electron chi connectivity index (χ0n) is 10.8. The molecule has 1 fully saturated rings. The van der Waals surface area contributed by atoms with Gasteiger partial charge in [-0.25, -0.2) is 0 Å². The molecule has 1 N–H and O–H groups in total. The third-order valence-corrected chi connectivity index (χ3v) is 4.12. The fourth-order valence-electron chi connectivity index (χ4n) is 2.82. The van der Waals surface area contributed by atoms with Crippen LogP contribution in [0.25, 0.3) is 0 Å². The van der Waals surface area contributed by atoms with Crippen LogP contribution < -0.4 is 5.32 Å². The molecule has 1 aromatic rings. The summed E-state index contributed by atoms with van der Waals surface area (Å²) in [6.07, 6.45) is 5.30. The van der Waals surface area contributed by atoms with Gasteiger partial charge in [0.1, 0.15) is 0 Å². The lowest BCUT2D eigenvalue weighted by Gasteiger charge is -2.31. The molecule has 1 aliphatic rings. The van der Waals surface area contributed by atoms with E-state index in [1.807, 2.05) is 12.1 Å². The quantitative estimate of drug-likeness (QED) is 0.848. The number of benzene rings is 1. The maximum atomic E-state index is 5.98. The third-order valence-electron chi connectivity index (χ3n) is 3.87. The second-order valence-corrected chi connectivity index (χ2v) is 5.97. The fraction of sp³-hybridized carbons (Fsp3) is 0.600. The second-order valence-electron chi connectivity index (χ2n) is 5.53. The van der Waals surface area contributed by atoms with Crippen molar-refractivity contribution in [1.29, 1.82) is 0 Å². The van der Waals surface area contributed by atoms with Gasteiger partial charge in [-0.15, -0.1) is 0 Å². The molecule has 2 rings (SSSR count). The molecule has 1 aliphatic carbocycles. The van der Waals surface area contributed by atoms with Crippen LogP contribution in [-0.2, 0) is 5.41 Å². The van der Waals surface area contributed by atoms with Gasteiger partial charge >= 0.3 is 0 Å². The summed E-state index contributed by atoms with van der Waals surface area (Å²) in [6, 6.07) is 9.00. The van der Waals surface area contributed by atoms with Gasteiger partial charge in [0, 0.05) is 23.0 Å². The van der Waals surface area contributed by atoms with Crippen molar-refractivity contribution in [1.82, 2.24) is 5.32 Å². The Labute approximate surface area is 110 Å². The van der Waals surface area contributed by atoms with Gasteiger partial charge in [-0.1, -0.05) is 50.4 Å². The molecule has 0 amide bonds. The van der Waals surface area contributed by atoms with Gasteiger partial charge in [-0.2, -0.15) is 0 Å². The topological polar surface area (TPSA) is 12.0 Å². The number of halogens is 1. The number of hydrogen-bond donors (Lipinski definition) is 1. The first-order valence-corrected chi connectivity index (χ1v) is 7.00. The van der Waals surface area contributed by atoms with Crippen LogP contribution >= 0.6 is 11.6 Å². The summed E-state index contributed by atoms with van der Waals surface area (Å²) >= 11 is 5.98. The van der Waals surface area contributed by atoms with Gasteiger partial charge in [-0.05, 0) is 30.5 Å². The van der Waals surface area contributed by atoms with Crippen LogP contribution in [0.4, 0.5) is 0 Å². The minimum Gasteiger partial charge on any atom is -0.314 e. The normalized spacial score (nSPS) is 18.8. The summed E-state index contributed by atoms with van der Waals surface area (Å²) in [4.78, 5) is 0. The van der Waals surface area contributed by atoms with Crippen molar-refractivity contribution in [3.63, 3.8) is 0 Å². The van der Waals surface area contributed by atoms with Gasteiger partial charge in [0.15, 0.2) is 0 Å². The van der Waals surface area contributed by atoms with E-state index in [1.165, 1.54) is 31.2 Å². The molecule has 0 bridgehead atoms. The van der Waals surface area contributed by atoms with Gasteiger partial charge in [-0.3, -0.25) is 0 Å². The van der Waals surface area contributed by atoms with Crippen molar-refractivity contribution in [3.8, 4) is 0 Å². The van der Waals surface area contributed by atoms with Gasteiger partial charge in [0.25, 0.3) is 0 Å². The Morgan fingerprint density at radius 1 is 1.18 bits per heavy atom. The average molecular weight is 252 g/mol. The van der Waals surface area contributed by atoms with Crippen LogP contribution in [0.2, 0.25) is 5.02 Å². The summed E-state index contributed by atoms with van der Waals surface area (Å²) in [5.74, 6) is 0. The molecule has 0 aromatic heterocycles. The molecular weight excluding hydrogens is 230 g/mol. The molecule has 2 heteroatoms. The minimum absolute atomic E-state index is 0.342. The summed E-state index contributed by atoms with van der Waals surface area (Å²) in [5, 5.41) is 4.44. The first-order valence-electron chi connectivity index (χ1n) is 6.62. The molecule has 0 radical (unpaired) electrons. The van der Waals surface area contributed by atoms with Crippen LogP contribution in [-0.4, -0.2) is 12.6 Å². The first-order chi connectivity index (χ1) is 8.12. The highest BCUT2D eigenvalue weighted by Gasteiger charge is 2.35. The van der Waals surface area contributed by atoms with Crippen molar-refractivity contribution in [2.45, 2.75) is 51.0 Å². The SMILES string of the molecule is CC(C)NCC1(c2ccc(Cl)cc2)CCCC1. The van der Waals surface area contributed by atoms with Gasteiger partial charge in [0.2, 0.25) is 0 Å². The van der Waals surface area contributed by atoms with E-state index in [-0.39, 0.29) is 0 Å². The van der Waals surface area contributed by atoms with Crippen molar-refractivity contribution in [2.75, 3.05) is 6.54 Å². The van der Waals surface area contributed by atoms with Crippen LogP contribution in [0.5, 0.6) is 0 Å². The third kappa shape index (κ3) is 3.02. The average Bonchev–Trinajstić information content (AvgIpc) is 2.77. The molecule has 0 heterocycles. The van der Waals surface area contributed by atoms with Crippen LogP contribution in [0.15, 0.2) is 24.3 Å². The lowest BCUT2D eigenvalue weighted by Crippen LogP contribution is -2.39. The predicted molar refractivity (Wildman–Crippen MR) is 74.7 cm³/mol. The highest BCUT2D eigenvalue weighted by atomic mass is 35.5. The largest absolute Gasteiger partial charge is 0.314 e. The Bertz CT molecular complexity index is 350. The fourth-order valence-corrected chi connectivity index (χ4v) is 2.95. The molecule has 1 nitrogen and oxygen atoms in total. The second kappa shape index (κ2) is 5.41. The minimum atomic E-state index is 0.342. The molecule has 0 spiro atoms. The van der Waals surface area contributed by atoms with Crippen molar-refractivity contribution < 1.29 is 0 Å². The Balaban J connectivity index is 2.18. The zero-order valence-corrected chi connectivity index (χ0v) is 11.6. The number of hydrogen-bond acceptors (Lipinski definition) is 1. The van der Waals surface area contributed by atoms with Crippen molar-refractivity contribution >= 4 is 11.6 Å². The predicted octanol–water partition coefficient (Wildman–Crippen LogP) is 4.15. The molecule has 0 saturated heterocycles. The molecule has 0 atom stereocenters. The van der Waals surface area contributed by atoms with E-state index in [1.54, 1.807) is 0 Å². The summed E-state index contributed by atoms with van der Waals surface area (Å²) in [7, 11) is 0. The van der Waals surface area contributed by atoms with E-state index in [4.69, 9.17) is 11.6 Å². The summed E-state index contributed by atoms with van der Waals surface area (Å²) < 4.78 is 0. The first kappa shape index (κ1) is 12.9. The Morgan fingerprint density at radius 2 is 1.76 bits per heavy atom. The Hall–Kier alpha value is -0.530. The van der Waals surface area contributed by atoms with Crippen molar-refractivity contribution in [3.05, 3.63) is 34.9 Å². The maximum absolute atomic E-state index is 5.98. The Kier molecular flexibility index (Phi) is 4.11. The van der Waals surface area contributed by atoms with Crippen LogP contribution in [0, 0.1) is 0 Å². The van der Waals surface area contributed by atoms with E-state index in [2.05, 4.69) is 31.3 Å². The van der Waals surface area contributed by atoms with E-state index < -0.39 is 0 Å². The number of rotatable bonds is 4. The highest BCUT2D eigenvalue weighted by molar-refractivity contribution is 6.30. The number of nitrogens with one attached hydrogen (secondary N) is 1. The van der Waals surface area contributed by atoms with E-state index >= 15 is 0 Å². The monoisotopic (exact) mass is 251 g/mol. The lowest BCUT2D eigenvalue weighted by molar-refractivity contribution is 0.387. The molecule has 1 saturated carbocycles. The van der Waals surface area contributed by atoms with Gasteiger partial charge < -0.3 is 5.32 Å². The van der Waals surface area contributed by atoms with Crippen molar-refractivity contribution in [2.24, 2.45) is 0 Å². The van der Waals surface area contributed by atoms with E-state index in [0.29, 0.717) is 11.5 Å². The maximum Gasteiger partial charge on any atom is 0.0406 e. The lowest BCUT2D eigenvalue weighted by atomic mass is 9.78.